The van der Waals surface area contributed by atoms with Crippen LogP contribution in [0.1, 0.15) is 21.5 Å². The van der Waals surface area contributed by atoms with Crippen molar-refractivity contribution in [1.82, 2.24) is 5.43 Å². The molecule has 140 valence electrons. The SMILES string of the molecule is O=C(N/N=C/c1ccccc1OCc1ccccc1)c1cccc([N+](=O)[O-])c1. The number of non-ortho nitro benzene ring substituents is 1. The number of ether oxygens (including phenoxy) is 1. The van der Waals surface area contributed by atoms with E-state index in [4.69, 9.17) is 4.74 Å². The van der Waals surface area contributed by atoms with Crippen LogP contribution in [0.5, 0.6) is 5.75 Å². The molecular formula is C21H17N3O4. The van der Waals surface area contributed by atoms with Gasteiger partial charge in [0.25, 0.3) is 11.6 Å². The summed E-state index contributed by atoms with van der Waals surface area (Å²) in [6.45, 7) is 0.408. The number of hydrogen-bond donors (Lipinski definition) is 1. The number of carbonyl (C=O) groups excluding carboxylic acids is 1. The van der Waals surface area contributed by atoms with Crippen molar-refractivity contribution < 1.29 is 14.5 Å². The van der Waals surface area contributed by atoms with Crippen molar-refractivity contribution in [2.24, 2.45) is 5.10 Å². The van der Waals surface area contributed by atoms with Gasteiger partial charge >= 0.3 is 0 Å². The first kappa shape index (κ1) is 18.8. The summed E-state index contributed by atoms with van der Waals surface area (Å²) in [5.41, 5.74) is 4.09. The third-order valence-corrected chi connectivity index (χ3v) is 3.85. The van der Waals surface area contributed by atoms with E-state index in [-0.39, 0.29) is 11.3 Å². The molecule has 0 fully saturated rings. The number of hydrazone groups is 1. The van der Waals surface area contributed by atoms with Crippen LogP contribution in [-0.4, -0.2) is 17.0 Å². The quantitative estimate of drug-likeness (QED) is 0.384. The number of nitro benzene ring substituents is 1. The first-order valence-electron chi connectivity index (χ1n) is 8.47. The Labute approximate surface area is 161 Å². The number of benzene rings is 3. The predicted molar refractivity (Wildman–Crippen MR) is 105 cm³/mol. The predicted octanol–water partition coefficient (Wildman–Crippen LogP) is 3.94. The number of amides is 1. The largest absolute Gasteiger partial charge is 0.488 e. The number of para-hydroxylation sites is 1. The van der Waals surface area contributed by atoms with Crippen LogP contribution in [0, 0.1) is 10.1 Å². The molecule has 0 aliphatic rings. The Balaban J connectivity index is 1.65. The number of nitro groups is 1. The third-order valence-electron chi connectivity index (χ3n) is 3.85. The van der Waals surface area contributed by atoms with Gasteiger partial charge in [-0.25, -0.2) is 5.43 Å². The van der Waals surface area contributed by atoms with E-state index in [0.29, 0.717) is 17.9 Å². The van der Waals surface area contributed by atoms with Gasteiger partial charge < -0.3 is 4.74 Å². The lowest BCUT2D eigenvalue weighted by Crippen LogP contribution is -2.17. The summed E-state index contributed by atoms with van der Waals surface area (Å²) in [6, 6.07) is 22.5. The lowest BCUT2D eigenvalue weighted by molar-refractivity contribution is -0.384. The topological polar surface area (TPSA) is 93.8 Å². The molecule has 1 N–H and O–H groups in total. The van der Waals surface area contributed by atoms with Gasteiger partial charge in [0.2, 0.25) is 0 Å². The molecule has 0 saturated carbocycles. The Morgan fingerprint density at radius 1 is 1.04 bits per heavy atom. The van der Waals surface area contributed by atoms with E-state index in [1.165, 1.54) is 30.5 Å². The molecule has 0 aliphatic carbocycles. The molecular weight excluding hydrogens is 358 g/mol. The molecule has 3 aromatic carbocycles. The molecule has 0 atom stereocenters. The second-order valence-electron chi connectivity index (χ2n) is 5.82. The maximum Gasteiger partial charge on any atom is 0.271 e. The molecule has 28 heavy (non-hydrogen) atoms. The molecule has 0 bridgehead atoms. The van der Waals surface area contributed by atoms with Gasteiger partial charge in [0.05, 0.1) is 11.1 Å². The Kier molecular flexibility index (Phi) is 6.10. The summed E-state index contributed by atoms with van der Waals surface area (Å²) in [5.74, 6) is 0.0855. The Bertz CT molecular complexity index is 1000. The van der Waals surface area contributed by atoms with Crippen LogP contribution in [0.15, 0.2) is 84.0 Å². The van der Waals surface area contributed by atoms with E-state index >= 15 is 0 Å². The van der Waals surface area contributed by atoms with Crippen LogP contribution in [0.4, 0.5) is 5.69 Å². The Morgan fingerprint density at radius 3 is 2.57 bits per heavy atom. The third kappa shape index (κ3) is 5.01. The maximum atomic E-state index is 12.1. The fourth-order valence-corrected chi connectivity index (χ4v) is 2.44. The van der Waals surface area contributed by atoms with Crippen LogP contribution < -0.4 is 10.2 Å². The van der Waals surface area contributed by atoms with Crippen molar-refractivity contribution >= 4 is 17.8 Å². The van der Waals surface area contributed by atoms with Gasteiger partial charge in [0, 0.05) is 23.3 Å². The number of nitrogens with zero attached hydrogens (tertiary/aromatic N) is 2. The van der Waals surface area contributed by atoms with Crippen molar-refractivity contribution in [2.75, 3.05) is 0 Å². The van der Waals surface area contributed by atoms with Gasteiger partial charge in [0.15, 0.2) is 0 Å². The monoisotopic (exact) mass is 375 g/mol. The van der Waals surface area contributed by atoms with Crippen LogP contribution in [0.3, 0.4) is 0 Å². The van der Waals surface area contributed by atoms with Crippen molar-refractivity contribution in [1.29, 1.82) is 0 Å². The standard InChI is InChI=1S/C21H17N3O4/c25-21(17-10-6-11-19(13-17)24(26)27)23-22-14-18-9-4-5-12-20(18)28-15-16-7-2-1-3-8-16/h1-14H,15H2,(H,23,25)/b22-14+. The van der Waals surface area contributed by atoms with Gasteiger partial charge in [-0.05, 0) is 23.8 Å². The zero-order valence-corrected chi connectivity index (χ0v) is 14.8. The minimum Gasteiger partial charge on any atom is -0.488 e. The van der Waals surface area contributed by atoms with Gasteiger partial charge in [-0.15, -0.1) is 0 Å². The average Bonchev–Trinajstić information content (AvgIpc) is 2.73. The van der Waals surface area contributed by atoms with E-state index in [1.54, 1.807) is 0 Å². The molecule has 0 saturated heterocycles. The molecule has 3 rings (SSSR count). The fraction of sp³-hybridized carbons (Fsp3) is 0.0476. The number of nitrogens with one attached hydrogen (secondary N) is 1. The zero-order valence-electron chi connectivity index (χ0n) is 14.8. The van der Waals surface area contributed by atoms with Crippen molar-refractivity contribution in [3.63, 3.8) is 0 Å². The van der Waals surface area contributed by atoms with Crippen molar-refractivity contribution in [3.8, 4) is 5.75 Å². The summed E-state index contributed by atoms with van der Waals surface area (Å²) < 4.78 is 5.83. The van der Waals surface area contributed by atoms with Gasteiger partial charge in [-0.2, -0.15) is 5.10 Å². The van der Waals surface area contributed by atoms with Crippen LogP contribution in [0.2, 0.25) is 0 Å². The van der Waals surface area contributed by atoms with E-state index < -0.39 is 10.8 Å². The van der Waals surface area contributed by atoms with Crippen LogP contribution in [-0.2, 0) is 6.61 Å². The normalized spacial score (nSPS) is 10.6. The fourth-order valence-electron chi connectivity index (χ4n) is 2.44. The Morgan fingerprint density at radius 2 is 1.79 bits per heavy atom. The summed E-state index contributed by atoms with van der Waals surface area (Å²) >= 11 is 0. The highest BCUT2D eigenvalue weighted by atomic mass is 16.6. The van der Waals surface area contributed by atoms with Crippen molar-refractivity contribution in [3.05, 3.63) is 106 Å². The van der Waals surface area contributed by atoms with E-state index in [1.807, 2.05) is 54.6 Å². The molecule has 3 aromatic rings. The molecule has 0 aromatic heterocycles. The number of carbonyl (C=O) groups is 1. The average molecular weight is 375 g/mol. The molecule has 7 heteroatoms. The highest BCUT2D eigenvalue weighted by molar-refractivity contribution is 5.95. The number of hydrogen-bond acceptors (Lipinski definition) is 5. The summed E-state index contributed by atoms with van der Waals surface area (Å²) in [7, 11) is 0. The second kappa shape index (κ2) is 9.09. The first-order chi connectivity index (χ1) is 13.6. The van der Waals surface area contributed by atoms with Gasteiger partial charge in [-0.1, -0.05) is 48.5 Å². The van der Waals surface area contributed by atoms with Gasteiger partial charge in [-0.3, -0.25) is 14.9 Å². The Hall–Kier alpha value is -4.00. The lowest BCUT2D eigenvalue weighted by Gasteiger charge is -2.09. The van der Waals surface area contributed by atoms with Crippen molar-refractivity contribution in [2.45, 2.75) is 6.61 Å². The smallest absolute Gasteiger partial charge is 0.271 e. The molecule has 0 heterocycles. The van der Waals surface area contributed by atoms with Crippen LogP contribution >= 0.6 is 0 Å². The van der Waals surface area contributed by atoms with E-state index in [0.717, 1.165) is 5.56 Å². The highest BCUT2D eigenvalue weighted by Crippen LogP contribution is 2.18. The molecule has 1 amide bonds. The zero-order chi connectivity index (χ0) is 19.8. The summed E-state index contributed by atoms with van der Waals surface area (Å²) in [6.07, 6.45) is 1.47. The van der Waals surface area contributed by atoms with Crippen LogP contribution in [0.25, 0.3) is 0 Å². The summed E-state index contributed by atoms with van der Waals surface area (Å²) in [5, 5.41) is 14.7. The van der Waals surface area contributed by atoms with E-state index in [2.05, 4.69) is 10.5 Å². The minimum atomic E-state index is -0.555. The molecule has 0 unspecified atom stereocenters. The molecule has 0 spiro atoms. The number of rotatable bonds is 7. The summed E-state index contributed by atoms with van der Waals surface area (Å²) in [4.78, 5) is 22.4. The maximum absolute atomic E-state index is 12.1. The molecule has 7 nitrogen and oxygen atoms in total. The molecule has 0 aliphatic heterocycles. The van der Waals surface area contributed by atoms with Gasteiger partial charge in [0.1, 0.15) is 12.4 Å². The first-order valence-corrected chi connectivity index (χ1v) is 8.47. The second-order valence-corrected chi connectivity index (χ2v) is 5.82. The lowest BCUT2D eigenvalue weighted by atomic mass is 10.2. The highest BCUT2D eigenvalue weighted by Gasteiger charge is 2.10. The molecule has 0 radical (unpaired) electrons. The van der Waals surface area contributed by atoms with E-state index in [9.17, 15) is 14.9 Å². The minimum absolute atomic E-state index is 0.153.